The molecular weight excluding hydrogens is 304 g/mol. The van der Waals surface area contributed by atoms with Crippen molar-refractivity contribution in [1.82, 2.24) is 20.1 Å². The Labute approximate surface area is 139 Å². The van der Waals surface area contributed by atoms with Crippen molar-refractivity contribution >= 4 is 5.91 Å². The van der Waals surface area contributed by atoms with E-state index in [0.717, 1.165) is 31.5 Å². The Bertz CT molecular complexity index is 812. The summed E-state index contributed by atoms with van der Waals surface area (Å²) in [5.74, 6) is 0.551. The maximum atomic E-state index is 12.3. The third kappa shape index (κ3) is 3.09. The number of nitrogens with zero attached hydrogens (tertiary/aromatic N) is 3. The third-order valence-corrected chi connectivity index (χ3v) is 4.90. The summed E-state index contributed by atoms with van der Waals surface area (Å²) >= 11 is 0. The second kappa shape index (κ2) is 6.19. The van der Waals surface area contributed by atoms with Gasteiger partial charge in [-0.2, -0.15) is 10.2 Å². The maximum Gasteiger partial charge on any atom is 0.253 e. The Morgan fingerprint density at radius 2 is 2.08 bits per heavy atom. The predicted octanol–water partition coefficient (Wildman–Crippen LogP) is 1.34. The van der Waals surface area contributed by atoms with Crippen molar-refractivity contribution in [3.63, 3.8) is 0 Å². The van der Waals surface area contributed by atoms with Crippen LogP contribution in [-0.4, -0.2) is 26.7 Å². The monoisotopic (exact) mass is 324 g/mol. The lowest BCUT2D eigenvalue weighted by Crippen LogP contribution is -2.40. The molecule has 1 N–H and O–H groups in total. The molecule has 0 spiro atoms. The number of amides is 1. The smallest absolute Gasteiger partial charge is 0.253 e. The van der Waals surface area contributed by atoms with Crippen LogP contribution in [0.5, 0.6) is 0 Å². The summed E-state index contributed by atoms with van der Waals surface area (Å²) in [6.45, 7) is 0.849. The van der Waals surface area contributed by atoms with Crippen LogP contribution in [0.2, 0.25) is 0 Å². The Morgan fingerprint density at radius 1 is 1.21 bits per heavy atom. The highest BCUT2D eigenvalue weighted by molar-refractivity contribution is 5.93. The molecule has 1 saturated carbocycles. The van der Waals surface area contributed by atoms with Gasteiger partial charge in [0.25, 0.3) is 11.5 Å². The number of carbonyl (C=O) groups is 1. The van der Waals surface area contributed by atoms with Gasteiger partial charge in [0.1, 0.15) is 0 Å². The molecule has 4 rings (SSSR count). The van der Waals surface area contributed by atoms with Crippen molar-refractivity contribution in [3.8, 4) is 0 Å². The fourth-order valence-electron chi connectivity index (χ4n) is 3.40. The van der Waals surface area contributed by atoms with E-state index < -0.39 is 0 Å². The summed E-state index contributed by atoms with van der Waals surface area (Å²) in [4.78, 5) is 24.4. The van der Waals surface area contributed by atoms with Gasteiger partial charge in [0.15, 0.2) is 0 Å². The Kier molecular flexibility index (Phi) is 3.88. The van der Waals surface area contributed by atoms with Gasteiger partial charge in [0.05, 0.1) is 18.0 Å². The lowest BCUT2D eigenvalue weighted by Gasteiger charge is -2.27. The summed E-state index contributed by atoms with van der Waals surface area (Å²) in [6, 6.07) is 5.34. The van der Waals surface area contributed by atoms with E-state index in [9.17, 15) is 9.59 Å². The topological polar surface area (TPSA) is 76.9 Å². The first-order chi connectivity index (χ1) is 11.7. The minimum atomic E-state index is -0.121. The van der Waals surface area contributed by atoms with E-state index in [1.54, 1.807) is 12.1 Å². The average molecular weight is 324 g/mol. The molecule has 2 aliphatic carbocycles. The molecule has 24 heavy (non-hydrogen) atoms. The van der Waals surface area contributed by atoms with Gasteiger partial charge in [0.2, 0.25) is 0 Å². The van der Waals surface area contributed by atoms with E-state index >= 15 is 0 Å². The summed E-state index contributed by atoms with van der Waals surface area (Å²) in [7, 11) is 0. The molecule has 1 amide bonds. The molecule has 0 radical (unpaired) electrons. The molecule has 0 bridgehead atoms. The zero-order chi connectivity index (χ0) is 16.5. The van der Waals surface area contributed by atoms with Gasteiger partial charge < -0.3 is 9.88 Å². The molecule has 0 aromatic carbocycles. The minimum absolute atomic E-state index is 0.0880. The van der Waals surface area contributed by atoms with E-state index in [1.807, 2.05) is 10.6 Å². The summed E-state index contributed by atoms with van der Waals surface area (Å²) < 4.78 is 1.96. The molecule has 1 fully saturated rings. The molecule has 2 heterocycles. The Hall–Kier alpha value is -2.50. The van der Waals surface area contributed by atoms with Crippen molar-refractivity contribution in [2.45, 2.75) is 44.7 Å². The molecular formula is C18H20N4O2. The van der Waals surface area contributed by atoms with E-state index in [2.05, 4.69) is 15.5 Å². The van der Waals surface area contributed by atoms with Crippen LogP contribution in [0.4, 0.5) is 0 Å². The molecule has 2 aliphatic rings. The van der Waals surface area contributed by atoms with Crippen molar-refractivity contribution in [1.29, 1.82) is 0 Å². The zero-order valence-electron chi connectivity index (χ0n) is 13.4. The lowest BCUT2D eigenvalue weighted by atomic mass is 9.91. The standard InChI is InChI=1S/C18H20N4O2/c23-17-6-3-13-9-15(21-18(24)14-7-8-19-20-10-14)4-5-16(13)22(17)11-12-1-2-12/h3,6-8,10,12,15H,1-2,4-5,9,11H2,(H,21,24)/t15-/m0/s1. The number of carbonyl (C=O) groups excluding carboxylic acids is 1. The van der Waals surface area contributed by atoms with Crippen molar-refractivity contribution in [2.24, 2.45) is 5.92 Å². The van der Waals surface area contributed by atoms with Crippen LogP contribution >= 0.6 is 0 Å². The largest absolute Gasteiger partial charge is 0.349 e. The quantitative estimate of drug-likeness (QED) is 0.920. The number of fused-ring (bicyclic) bond motifs is 1. The number of hydrogen-bond acceptors (Lipinski definition) is 4. The number of nitrogens with one attached hydrogen (secondary N) is 1. The minimum Gasteiger partial charge on any atom is -0.349 e. The summed E-state index contributed by atoms with van der Waals surface area (Å²) in [5.41, 5.74) is 2.96. The maximum absolute atomic E-state index is 12.3. The number of pyridine rings is 1. The van der Waals surface area contributed by atoms with Gasteiger partial charge >= 0.3 is 0 Å². The van der Waals surface area contributed by atoms with Crippen LogP contribution in [-0.2, 0) is 19.4 Å². The molecule has 124 valence electrons. The molecule has 1 atom stereocenters. The zero-order valence-corrected chi connectivity index (χ0v) is 13.4. The van der Waals surface area contributed by atoms with Crippen LogP contribution in [0.1, 0.15) is 40.9 Å². The predicted molar refractivity (Wildman–Crippen MR) is 88.7 cm³/mol. The summed E-state index contributed by atoms with van der Waals surface area (Å²) in [5, 5.41) is 10.5. The third-order valence-electron chi connectivity index (χ3n) is 4.90. The molecule has 2 aromatic heterocycles. The van der Waals surface area contributed by atoms with Crippen LogP contribution < -0.4 is 10.9 Å². The van der Waals surface area contributed by atoms with Crippen LogP contribution in [0.25, 0.3) is 0 Å². The van der Waals surface area contributed by atoms with Crippen molar-refractivity contribution < 1.29 is 4.79 Å². The van der Waals surface area contributed by atoms with Crippen molar-refractivity contribution in [2.75, 3.05) is 0 Å². The highest BCUT2D eigenvalue weighted by Crippen LogP contribution is 2.31. The number of hydrogen-bond donors (Lipinski definition) is 1. The normalized spacial score (nSPS) is 19.6. The Morgan fingerprint density at radius 3 is 2.83 bits per heavy atom. The van der Waals surface area contributed by atoms with Gasteiger partial charge in [-0.1, -0.05) is 6.07 Å². The first-order valence-corrected chi connectivity index (χ1v) is 8.50. The highest BCUT2D eigenvalue weighted by atomic mass is 16.1. The molecule has 2 aromatic rings. The van der Waals surface area contributed by atoms with Gasteiger partial charge in [0, 0.05) is 24.3 Å². The van der Waals surface area contributed by atoms with Gasteiger partial charge in [-0.15, -0.1) is 0 Å². The number of aromatic nitrogens is 3. The van der Waals surface area contributed by atoms with Crippen molar-refractivity contribution in [3.05, 3.63) is 57.8 Å². The molecule has 0 unspecified atom stereocenters. The second-order valence-electron chi connectivity index (χ2n) is 6.74. The summed E-state index contributed by atoms with van der Waals surface area (Å²) in [6.07, 6.45) is 7.90. The van der Waals surface area contributed by atoms with E-state index in [4.69, 9.17) is 0 Å². The van der Waals surface area contributed by atoms with E-state index in [1.165, 1.54) is 30.8 Å². The molecule has 6 nitrogen and oxygen atoms in total. The van der Waals surface area contributed by atoms with Crippen LogP contribution in [0, 0.1) is 5.92 Å². The van der Waals surface area contributed by atoms with Crippen LogP contribution in [0.3, 0.4) is 0 Å². The van der Waals surface area contributed by atoms with E-state index in [-0.39, 0.29) is 17.5 Å². The number of rotatable bonds is 4. The first-order valence-electron chi connectivity index (χ1n) is 8.50. The SMILES string of the molecule is O=C(N[C@H]1CCc2c(ccc(=O)n2CC2CC2)C1)c1ccnnc1. The van der Waals surface area contributed by atoms with Gasteiger partial charge in [-0.25, -0.2) is 0 Å². The molecule has 6 heteroatoms. The average Bonchev–Trinajstić information content (AvgIpc) is 3.42. The Balaban J connectivity index is 1.50. The fraction of sp³-hybridized carbons (Fsp3) is 0.444. The highest BCUT2D eigenvalue weighted by Gasteiger charge is 2.27. The fourth-order valence-corrected chi connectivity index (χ4v) is 3.40. The lowest BCUT2D eigenvalue weighted by molar-refractivity contribution is 0.0932. The second-order valence-corrected chi connectivity index (χ2v) is 6.74. The van der Waals surface area contributed by atoms with E-state index in [0.29, 0.717) is 11.5 Å². The molecule has 0 saturated heterocycles. The molecule has 0 aliphatic heterocycles. The first kappa shape index (κ1) is 15.1. The van der Waals surface area contributed by atoms with Crippen LogP contribution in [0.15, 0.2) is 35.4 Å². The van der Waals surface area contributed by atoms with Gasteiger partial charge in [-0.3, -0.25) is 9.59 Å². The van der Waals surface area contributed by atoms with Gasteiger partial charge in [-0.05, 0) is 49.7 Å².